The van der Waals surface area contributed by atoms with Crippen molar-refractivity contribution in [2.45, 2.75) is 31.2 Å². The van der Waals surface area contributed by atoms with Crippen LogP contribution in [-0.2, 0) is 4.87 Å². The minimum atomic E-state index is -1.43. The molecule has 0 aliphatic carbocycles. The second-order valence-corrected chi connectivity index (χ2v) is 5.89. The highest BCUT2D eigenvalue weighted by Gasteiger charge is 2.46. The van der Waals surface area contributed by atoms with Crippen LogP contribution in [0.5, 0.6) is 0 Å². The van der Waals surface area contributed by atoms with Crippen molar-refractivity contribution in [3.8, 4) is 0 Å². The number of anilines is 1. The summed E-state index contributed by atoms with van der Waals surface area (Å²) in [5, 5.41) is 23.5. The highest BCUT2D eigenvalue weighted by atomic mass is 35.5. The van der Waals surface area contributed by atoms with Crippen LogP contribution in [0.15, 0.2) is 23.2 Å². The average molecular weight is 302 g/mol. The van der Waals surface area contributed by atoms with Gasteiger partial charge in [0.2, 0.25) is 0 Å². The summed E-state index contributed by atoms with van der Waals surface area (Å²) in [5.41, 5.74) is 0. The van der Waals surface area contributed by atoms with Crippen LogP contribution in [0.25, 0.3) is 0 Å². The second-order valence-electron chi connectivity index (χ2n) is 4.94. The normalized spacial score (nSPS) is 23.6. The molecule has 2 N–H and O–H groups in total. The fraction of sp³-hybridized carbons (Fsp3) is 0.500. The third-order valence-corrected chi connectivity index (χ3v) is 3.14. The molecule has 2 heterocycles. The van der Waals surface area contributed by atoms with Crippen molar-refractivity contribution in [3.05, 3.63) is 24.5 Å². The number of hydrogen-bond donors (Lipinski definition) is 2. The summed E-state index contributed by atoms with van der Waals surface area (Å²) in [4.78, 5) is 13.4. The van der Waals surface area contributed by atoms with E-state index >= 15 is 0 Å². The zero-order valence-electron chi connectivity index (χ0n) is 11.2. The number of alkyl halides is 1. The van der Waals surface area contributed by atoms with Crippen molar-refractivity contribution < 1.29 is 19.5 Å². The van der Waals surface area contributed by atoms with Crippen LogP contribution in [0.3, 0.4) is 0 Å². The first-order valence-corrected chi connectivity index (χ1v) is 6.38. The molecule has 110 valence electrons. The van der Waals surface area contributed by atoms with E-state index < -0.39 is 23.4 Å². The number of carbonyl (C=O) groups excluding carboxylic acids is 1. The van der Waals surface area contributed by atoms with Crippen molar-refractivity contribution in [2.75, 3.05) is 11.4 Å². The van der Waals surface area contributed by atoms with E-state index in [9.17, 15) is 15.0 Å². The Morgan fingerprint density at radius 2 is 2.20 bits per heavy atom. The molecule has 1 aliphatic rings. The zero-order valence-corrected chi connectivity index (χ0v) is 11.9. The van der Waals surface area contributed by atoms with E-state index in [1.165, 1.54) is 12.1 Å². The molecule has 7 nitrogen and oxygen atoms in total. The van der Waals surface area contributed by atoms with Crippen molar-refractivity contribution >= 4 is 23.4 Å². The number of nitrogens with zero attached hydrogens (tertiary/aromatic N) is 3. The van der Waals surface area contributed by atoms with Crippen LogP contribution < -0.4 is 4.90 Å². The lowest BCUT2D eigenvalue weighted by molar-refractivity contribution is -0.0236. The zero-order chi connectivity index (χ0) is 15.1. The van der Waals surface area contributed by atoms with Crippen LogP contribution in [-0.4, -0.2) is 45.3 Å². The fourth-order valence-corrected chi connectivity index (χ4v) is 1.97. The monoisotopic (exact) mass is 301 g/mol. The molecule has 0 bridgehead atoms. The molecule has 1 fully saturated rings. The van der Waals surface area contributed by atoms with Gasteiger partial charge in [0.25, 0.3) is 0 Å². The van der Waals surface area contributed by atoms with Gasteiger partial charge in [0.05, 0.1) is 4.87 Å². The van der Waals surface area contributed by atoms with E-state index in [0.717, 1.165) is 9.80 Å². The quantitative estimate of drug-likeness (QED) is 0.644. The minimum absolute atomic E-state index is 0.0943. The Balaban J connectivity index is 2.31. The molecule has 2 rings (SSSR count). The Hall–Kier alpha value is -1.57. The van der Waals surface area contributed by atoms with Crippen LogP contribution in [0.2, 0.25) is 0 Å². The highest BCUT2D eigenvalue weighted by Crippen LogP contribution is 2.33. The average Bonchev–Trinajstić information content (AvgIpc) is 2.90. The van der Waals surface area contributed by atoms with E-state index in [1.807, 2.05) is 0 Å². The number of hydrogen-bond acceptors (Lipinski definition) is 5. The molecule has 1 aliphatic heterocycles. The summed E-state index contributed by atoms with van der Waals surface area (Å²) in [6.45, 7) is 7.02. The molecule has 1 aromatic rings. The Kier molecular flexibility index (Phi) is 3.77. The van der Waals surface area contributed by atoms with Crippen LogP contribution in [0.4, 0.5) is 10.6 Å². The summed E-state index contributed by atoms with van der Waals surface area (Å²) >= 11 is 6.09. The topological polar surface area (TPSA) is 90.0 Å². The van der Waals surface area contributed by atoms with Crippen molar-refractivity contribution in [2.24, 2.45) is 0 Å². The van der Waals surface area contributed by atoms with Gasteiger partial charge in [-0.15, -0.1) is 18.2 Å². The molecular formula is C12H16ClN3O4. The van der Waals surface area contributed by atoms with Gasteiger partial charge < -0.3 is 14.7 Å². The molecule has 0 radical (unpaired) electrons. The fourth-order valence-electron chi connectivity index (χ4n) is 1.88. The van der Waals surface area contributed by atoms with Crippen LogP contribution in [0, 0.1) is 0 Å². The van der Waals surface area contributed by atoms with E-state index in [-0.39, 0.29) is 12.4 Å². The molecule has 1 saturated heterocycles. The molecule has 0 saturated carbocycles. The van der Waals surface area contributed by atoms with Crippen molar-refractivity contribution in [1.82, 2.24) is 10.1 Å². The Bertz CT molecular complexity index is 525. The first-order chi connectivity index (χ1) is 9.27. The summed E-state index contributed by atoms with van der Waals surface area (Å²) in [6, 6.07) is 0.871. The standard InChI is InChI=1S/C12H16ClN3O4/c1-4-5-15-9(17)10(18)16(11(15)19)8-6-7(20-14-8)12(2,3)13/h4,6,9-10,17-18H,1,5H2,2-3H3. The molecule has 2 amide bonds. The van der Waals surface area contributed by atoms with Gasteiger partial charge in [0, 0.05) is 12.6 Å². The van der Waals surface area contributed by atoms with Gasteiger partial charge in [0.15, 0.2) is 24.0 Å². The second kappa shape index (κ2) is 5.08. The molecule has 2 atom stereocenters. The Morgan fingerprint density at radius 3 is 2.70 bits per heavy atom. The molecule has 20 heavy (non-hydrogen) atoms. The van der Waals surface area contributed by atoms with Gasteiger partial charge in [-0.2, -0.15) is 0 Å². The van der Waals surface area contributed by atoms with E-state index in [0.29, 0.717) is 5.76 Å². The van der Waals surface area contributed by atoms with Gasteiger partial charge in [-0.05, 0) is 13.8 Å². The predicted octanol–water partition coefficient (Wildman–Crippen LogP) is 1.21. The molecule has 0 spiro atoms. The first kappa shape index (κ1) is 14.8. The summed E-state index contributed by atoms with van der Waals surface area (Å²) in [5.74, 6) is 0.447. The maximum Gasteiger partial charge on any atom is 0.330 e. The van der Waals surface area contributed by atoms with Gasteiger partial charge in [-0.1, -0.05) is 11.2 Å². The Labute approximate surface area is 121 Å². The number of aliphatic hydroxyl groups excluding tert-OH is 2. The van der Waals surface area contributed by atoms with Gasteiger partial charge >= 0.3 is 6.03 Å². The third-order valence-electron chi connectivity index (χ3n) is 2.96. The molecule has 0 aromatic carbocycles. The number of aromatic nitrogens is 1. The lowest BCUT2D eigenvalue weighted by Crippen LogP contribution is -2.37. The maximum absolute atomic E-state index is 12.1. The van der Waals surface area contributed by atoms with Crippen molar-refractivity contribution in [3.63, 3.8) is 0 Å². The maximum atomic E-state index is 12.1. The van der Waals surface area contributed by atoms with E-state index in [1.54, 1.807) is 13.8 Å². The van der Waals surface area contributed by atoms with Crippen molar-refractivity contribution in [1.29, 1.82) is 0 Å². The number of aliphatic hydroxyl groups is 2. The number of rotatable bonds is 4. The number of halogens is 1. The van der Waals surface area contributed by atoms with Crippen LogP contribution in [0.1, 0.15) is 19.6 Å². The lowest BCUT2D eigenvalue weighted by atomic mass is 10.1. The molecule has 8 heteroatoms. The smallest absolute Gasteiger partial charge is 0.330 e. The SMILES string of the molecule is C=CCN1C(=O)N(c2cc(C(C)(C)Cl)on2)C(O)C1O. The van der Waals surface area contributed by atoms with E-state index in [2.05, 4.69) is 11.7 Å². The summed E-state index contributed by atoms with van der Waals surface area (Å²) < 4.78 is 5.06. The molecule has 2 unspecified atom stereocenters. The summed E-state index contributed by atoms with van der Waals surface area (Å²) in [7, 11) is 0. The number of carbonyl (C=O) groups is 1. The predicted molar refractivity (Wildman–Crippen MR) is 72.2 cm³/mol. The lowest BCUT2D eigenvalue weighted by Gasteiger charge is -2.16. The molecule has 1 aromatic heterocycles. The third kappa shape index (κ3) is 2.39. The minimum Gasteiger partial charge on any atom is -0.369 e. The number of urea groups is 1. The van der Waals surface area contributed by atoms with Crippen LogP contribution >= 0.6 is 11.6 Å². The largest absolute Gasteiger partial charge is 0.369 e. The van der Waals surface area contributed by atoms with Gasteiger partial charge in [-0.25, -0.2) is 9.69 Å². The van der Waals surface area contributed by atoms with Gasteiger partial charge in [0.1, 0.15) is 0 Å². The number of amides is 2. The highest BCUT2D eigenvalue weighted by molar-refractivity contribution is 6.23. The Morgan fingerprint density at radius 1 is 1.55 bits per heavy atom. The summed E-state index contributed by atoms with van der Waals surface area (Å²) in [6.07, 6.45) is -1.34. The van der Waals surface area contributed by atoms with Gasteiger partial charge in [-0.3, -0.25) is 4.90 Å². The van der Waals surface area contributed by atoms with E-state index in [4.69, 9.17) is 16.1 Å². The molecular weight excluding hydrogens is 286 g/mol. The first-order valence-electron chi connectivity index (χ1n) is 6.00.